The number of carbonyl (C=O) groups is 1. The molecule has 1 heterocycles. The summed E-state index contributed by atoms with van der Waals surface area (Å²) in [6.07, 6.45) is 4.57. The van der Waals surface area contributed by atoms with E-state index in [4.69, 9.17) is 5.73 Å². The third-order valence-corrected chi connectivity index (χ3v) is 3.94. The van der Waals surface area contributed by atoms with Gasteiger partial charge in [0.05, 0.1) is 11.4 Å². The fourth-order valence-corrected chi connectivity index (χ4v) is 2.69. The number of benzene rings is 1. The number of likely N-dealkylation sites (N-methyl/N-ethyl adjacent to an activating group) is 1. The summed E-state index contributed by atoms with van der Waals surface area (Å²) >= 11 is 0. The number of nitrogens with zero attached hydrogens (tertiary/aromatic N) is 2. The van der Waals surface area contributed by atoms with Gasteiger partial charge in [-0.2, -0.15) is 0 Å². The number of fused-ring (bicyclic) bond motifs is 1. The van der Waals surface area contributed by atoms with Crippen LogP contribution in [0.3, 0.4) is 0 Å². The van der Waals surface area contributed by atoms with Crippen molar-refractivity contribution in [2.24, 2.45) is 5.73 Å². The second-order valence-corrected chi connectivity index (χ2v) is 5.55. The standard InChI is InChI=1S/C16H24FN3O/c1-19-10-11-20(14-8-7-13(17)12-15(14)19)16(21)6-4-2-3-5-9-18/h7-8,12H,2-6,9-11,18H2,1H3. The number of halogens is 1. The summed E-state index contributed by atoms with van der Waals surface area (Å²) < 4.78 is 13.4. The lowest BCUT2D eigenvalue weighted by Crippen LogP contribution is -2.42. The van der Waals surface area contributed by atoms with Crippen molar-refractivity contribution < 1.29 is 9.18 Å². The lowest BCUT2D eigenvalue weighted by molar-refractivity contribution is -0.118. The number of hydrogen-bond acceptors (Lipinski definition) is 3. The van der Waals surface area contributed by atoms with Gasteiger partial charge in [-0.1, -0.05) is 12.8 Å². The van der Waals surface area contributed by atoms with Crippen LogP contribution in [0.4, 0.5) is 15.8 Å². The van der Waals surface area contributed by atoms with Gasteiger partial charge in [0.2, 0.25) is 5.91 Å². The van der Waals surface area contributed by atoms with Gasteiger partial charge in [0.25, 0.3) is 0 Å². The van der Waals surface area contributed by atoms with Crippen molar-refractivity contribution in [1.29, 1.82) is 0 Å². The van der Waals surface area contributed by atoms with Crippen molar-refractivity contribution in [3.8, 4) is 0 Å². The first-order valence-corrected chi connectivity index (χ1v) is 7.64. The van der Waals surface area contributed by atoms with E-state index in [2.05, 4.69) is 0 Å². The zero-order chi connectivity index (χ0) is 15.2. The molecule has 0 spiro atoms. The van der Waals surface area contributed by atoms with E-state index in [0.717, 1.165) is 43.6 Å². The highest BCUT2D eigenvalue weighted by atomic mass is 19.1. The van der Waals surface area contributed by atoms with E-state index in [-0.39, 0.29) is 11.7 Å². The molecule has 1 aliphatic rings. The molecule has 4 nitrogen and oxygen atoms in total. The Hall–Kier alpha value is -1.62. The molecule has 2 rings (SSSR count). The molecule has 0 aromatic heterocycles. The van der Waals surface area contributed by atoms with Gasteiger partial charge in [-0.15, -0.1) is 0 Å². The molecule has 0 bridgehead atoms. The van der Waals surface area contributed by atoms with Gasteiger partial charge < -0.3 is 15.5 Å². The normalized spacial score (nSPS) is 14.2. The highest BCUT2D eigenvalue weighted by Crippen LogP contribution is 2.33. The molecule has 0 aliphatic carbocycles. The zero-order valence-corrected chi connectivity index (χ0v) is 12.6. The summed E-state index contributed by atoms with van der Waals surface area (Å²) in [4.78, 5) is 16.2. The lowest BCUT2D eigenvalue weighted by Gasteiger charge is -2.35. The summed E-state index contributed by atoms with van der Waals surface area (Å²) in [5, 5.41) is 0. The van der Waals surface area contributed by atoms with Crippen LogP contribution in [0.1, 0.15) is 32.1 Å². The Labute approximate surface area is 125 Å². The summed E-state index contributed by atoms with van der Waals surface area (Å²) in [6, 6.07) is 4.61. The summed E-state index contributed by atoms with van der Waals surface area (Å²) in [7, 11) is 1.92. The van der Waals surface area contributed by atoms with Crippen molar-refractivity contribution in [3.63, 3.8) is 0 Å². The van der Waals surface area contributed by atoms with Gasteiger partial charge in [-0.3, -0.25) is 4.79 Å². The fourth-order valence-electron chi connectivity index (χ4n) is 2.69. The summed E-state index contributed by atoms with van der Waals surface area (Å²) in [6.45, 7) is 2.11. The zero-order valence-electron chi connectivity index (χ0n) is 12.6. The third-order valence-electron chi connectivity index (χ3n) is 3.94. The maximum Gasteiger partial charge on any atom is 0.227 e. The van der Waals surface area contributed by atoms with Crippen molar-refractivity contribution in [2.45, 2.75) is 32.1 Å². The first kappa shape index (κ1) is 15.8. The number of hydrogen-bond donors (Lipinski definition) is 1. The molecule has 0 saturated heterocycles. The lowest BCUT2D eigenvalue weighted by atomic mass is 10.1. The van der Waals surface area contributed by atoms with E-state index in [1.165, 1.54) is 12.1 Å². The molecule has 1 aliphatic heterocycles. The number of unbranched alkanes of at least 4 members (excludes halogenated alkanes) is 3. The molecule has 2 N–H and O–H groups in total. The maximum atomic E-state index is 13.4. The minimum atomic E-state index is -0.267. The Kier molecular flexibility index (Phi) is 5.56. The van der Waals surface area contributed by atoms with Gasteiger partial charge in [-0.25, -0.2) is 4.39 Å². The molecular weight excluding hydrogens is 269 g/mol. The molecule has 0 radical (unpaired) electrons. The molecule has 0 saturated carbocycles. The molecule has 116 valence electrons. The van der Waals surface area contributed by atoms with E-state index < -0.39 is 0 Å². The van der Waals surface area contributed by atoms with Crippen molar-refractivity contribution >= 4 is 17.3 Å². The van der Waals surface area contributed by atoms with E-state index >= 15 is 0 Å². The van der Waals surface area contributed by atoms with E-state index in [9.17, 15) is 9.18 Å². The van der Waals surface area contributed by atoms with Crippen LogP contribution in [0, 0.1) is 5.82 Å². The molecule has 0 fully saturated rings. The molecular formula is C16H24FN3O. The topological polar surface area (TPSA) is 49.6 Å². The van der Waals surface area contributed by atoms with Crippen molar-refractivity contribution in [1.82, 2.24) is 0 Å². The van der Waals surface area contributed by atoms with Crippen molar-refractivity contribution in [3.05, 3.63) is 24.0 Å². The Morgan fingerprint density at radius 1 is 1.19 bits per heavy atom. The van der Waals surface area contributed by atoms with Crippen LogP contribution >= 0.6 is 0 Å². The van der Waals surface area contributed by atoms with Crippen LogP contribution in [0.2, 0.25) is 0 Å². The van der Waals surface area contributed by atoms with E-state index in [1.54, 1.807) is 11.0 Å². The van der Waals surface area contributed by atoms with Gasteiger partial charge in [-0.05, 0) is 37.6 Å². The first-order chi connectivity index (χ1) is 10.1. The quantitative estimate of drug-likeness (QED) is 0.820. The fraction of sp³-hybridized carbons (Fsp3) is 0.562. The Bertz CT molecular complexity index is 492. The molecule has 1 amide bonds. The highest BCUT2D eigenvalue weighted by Gasteiger charge is 2.24. The average Bonchev–Trinajstić information content (AvgIpc) is 2.48. The SMILES string of the molecule is CN1CCN(C(=O)CCCCCCN)c2ccc(F)cc21. The van der Waals surface area contributed by atoms with Gasteiger partial charge in [0.1, 0.15) is 5.82 Å². The van der Waals surface area contributed by atoms with Crippen molar-refractivity contribution in [2.75, 3.05) is 36.5 Å². The molecule has 1 aromatic rings. The number of carbonyl (C=O) groups excluding carboxylic acids is 1. The third kappa shape index (κ3) is 3.94. The van der Waals surface area contributed by atoms with Gasteiger partial charge in [0, 0.05) is 26.6 Å². The van der Waals surface area contributed by atoms with Crippen LogP contribution in [-0.4, -0.2) is 32.6 Å². The summed E-state index contributed by atoms with van der Waals surface area (Å²) in [5.41, 5.74) is 7.06. The average molecular weight is 293 g/mol. The number of anilines is 2. The van der Waals surface area contributed by atoms with E-state index in [1.807, 2.05) is 11.9 Å². The maximum absolute atomic E-state index is 13.4. The smallest absolute Gasteiger partial charge is 0.227 e. The number of amides is 1. The molecule has 0 atom stereocenters. The molecule has 5 heteroatoms. The molecule has 21 heavy (non-hydrogen) atoms. The summed E-state index contributed by atoms with van der Waals surface area (Å²) in [5.74, 6) is -0.139. The Morgan fingerprint density at radius 2 is 1.95 bits per heavy atom. The minimum Gasteiger partial charge on any atom is -0.371 e. The largest absolute Gasteiger partial charge is 0.371 e. The highest BCUT2D eigenvalue weighted by molar-refractivity contribution is 5.97. The van der Waals surface area contributed by atoms with Crippen LogP contribution in [0.5, 0.6) is 0 Å². The number of nitrogens with two attached hydrogens (primary N) is 1. The molecule has 0 unspecified atom stereocenters. The Morgan fingerprint density at radius 3 is 2.71 bits per heavy atom. The second kappa shape index (κ2) is 7.41. The monoisotopic (exact) mass is 293 g/mol. The predicted molar refractivity (Wildman–Crippen MR) is 84.2 cm³/mol. The minimum absolute atomic E-state index is 0.128. The second-order valence-electron chi connectivity index (χ2n) is 5.55. The van der Waals surface area contributed by atoms with Gasteiger partial charge >= 0.3 is 0 Å². The van der Waals surface area contributed by atoms with Crippen LogP contribution in [-0.2, 0) is 4.79 Å². The van der Waals surface area contributed by atoms with Crippen LogP contribution in [0.25, 0.3) is 0 Å². The van der Waals surface area contributed by atoms with Crippen LogP contribution in [0.15, 0.2) is 18.2 Å². The first-order valence-electron chi connectivity index (χ1n) is 7.64. The van der Waals surface area contributed by atoms with E-state index in [0.29, 0.717) is 19.5 Å². The number of rotatable bonds is 6. The van der Waals surface area contributed by atoms with Crippen LogP contribution < -0.4 is 15.5 Å². The predicted octanol–water partition coefficient (Wildman–Crippen LogP) is 2.52. The Balaban J connectivity index is 1.98. The van der Waals surface area contributed by atoms with Gasteiger partial charge in [0.15, 0.2) is 0 Å². The molecule has 1 aromatic carbocycles.